The lowest BCUT2D eigenvalue weighted by molar-refractivity contribution is 0.425. The van der Waals surface area contributed by atoms with E-state index in [2.05, 4.69) is 15.9 Å². The minimum Gasteiger partial charge on any atom is -0.508 e. The summed E-state index contributed by atoms with van der Waals surface area (Å²) in [4.78, 5) is 0. The number of nitrogens with zero attached hydrogens (tertiary/aromatic N) is 1. The monoisotopic (exact) mass is 554 g/mol. The molecule has 6 nitrogen and oxygen atoms in total. The van der Waals surface area contributed by atoms with Gasteiger partial charge in [-0.05, 0) is 68.9 Å². The van der Waals surface area contributed by atoms with Gasteiger partial charge in [-0.15, -0.1) is 0 Å². The van der Waals surface area contributed by atoms with Crippen LogP contribution < -0.4 is 11.2 Å². The van der Waals surface area contributed by atoms with Crippen molar-refractivity contribution in [2.24, 2.45) is 5.73 Å². The molecule has 10 heteroatoms. The van der Waals surface area contributed by atoms with Crippen LogP contribution in [0.1, 0.15) is 11.1 Å². The number of benzene rings is 4. The fourth-order valence-electron chi connectivity index (χ4n) is 2.77. The molecule has 0 saturated carbocycles. The first-order valence-corrected chi connectivity index (χ1v) is 11.2. The lowest BCUT2D eigenvalue weighted by atomic mass is 9.80. The van der Waals surface area contributed by atoms with Crippen molar-refractivity contribution in [1.29, 1.82) is 5.26 Å². The van der Waals surface area contributed by atoms with Gasteiger partial charge in [0.1, 0.15) is 23.1 Å². The molecule has 4 rings (SSSR count). The van der Waals surface area contributed by atoms with Crippen LogP contribution in [0.5, 0.6) is 11.5 Å². The van der Waals surface area contributed by atoms with Crippen LogP contribution in [-0.2, 0) is 6.54 Å². The topological polar surface area (TPSA) is 131 Å². The van der Waals surface area contributed by atoms with Crippen molar-refractivity contribution in [2.75, 3.05) is 0 Å². The zero-order valence-corrected chi connectivity index (χ0v) is 20.4. The highest BCUT2D eigenvalue weighted by molar-refractivity contribution is 9.10. The minimum absolute atomic E-state index is 0.0595. The Balaban J connectivity index is 0.000000200. The first-order chi connectivity index (χ1) is 17.1. The van der Waals surface area contributed by atoms with E-state index in [0.717, 1.165) is 17.7 Å². The summed E-state index contributed by atoms with van der Waals surface area (Å²) in [6, 6.07) is 23.3. The molecule has 0 bridgehead atoms. The summed E-state index contributed by atoms with van der Waals surface area (Å²) in [6.45, 7) is 0.474. The molecular formula is C26H22BBrF2N2O4. The summed E-state index contributed by atoms with van der Waals surface area (Å²) in [5.41, 5.74) is 8.43. The molecule has 0 amide bonds. The van der Waals surface area contributed by atoms with Gasteiger partial charge in [-0.25, -0.2) is 8.78 Å². The highest BCUT2D eigenvalue weighted by Gasteiger charge is 2.09. The second-order valence-electron chi connectivity index (χ2n) is 7.27. The van der Waals surface area contributed by atoms with E-state index in [1.807, 2.05) is 6.07 Å². The van der Waals surface area contributed by atoms with Gasteiger partial charge in [0.15, 0.2) is 0 Å². The summed E-state index contributed by atoms with van der Waals surface area (Å²) in [7, 11) is -1.39. The molecule has 4 aromatic rings. The molecule has 4 aromatic carbocycles. The maximum absolute atomic E-state index is 13.5. The van der Waals surface area contributed by atoms with Crippen LogP contribution >= 0.6 is 15.9 Å². The molecule has 0 aliphatic rings. The Morgan fingerprint density at radius 2 is 1.36 bits per heavy atom. The van der Waals surface area contributed by atoms with Crippen molar-refractivity contribution in [3.63, 3.8) is 0 Å². The van der Waals surface area contributed by atoms with Crippen LogP contribution in [0.25, 0.3) is 11.1 Å². The normalized spacial score (nSPS) is 9.69. The number of phenolic OH excluding ortho intramolecular Hbond substituents is 2. The number of phenols is 2. The number of nitrogens with two attached hydrogens (primary N) is 1. The molecule has 0 radical (unpaired) electrons. The second-order valence-corrected chi connectivity index (χ2v) is 8.13. The van der Waals surface area contributed by atoms with E-state index in [9.17, 15) is 8.78 Å². The Kier molecular flexibility index (Phi) is 11.1. The lowest BCUT2D eigenvalue weighted by Crippen LogP contribution is -2.29. The van der Waals surface area contributed by atoms with E-state index in [1.165, 1.54) is 24.3 Å². The van der Waals surface area contributed by atoms with Crippen LogP contribution in [0.3, 0.4) is 0 Å². The fraction of sp³-hybridized carbons (Fsp3) is 0.0385. The van der Waals surface area contributed by atoms with Crippen molar-refractivity contribution in [3.8, 4) is 28.7 Å². The summed E-state index contributed by atoms with van der Waals surface area (Å²) < 4.78 is 26.2. The van der Waals surface area contributed by atoms with Crippen LogP contribution in [0.15, 0.2) is 89.4 Å². The van der Waals surface area contributed by atoms with Crippen molar-refractivity contribution in [2.45, 2.75) is 6.54 Å². The van der Waals surface area contributed by atoms with E-state index >= 15 is 0 Å². The summed E-state index contributed by atoms with van der Waals surface area (Å²) >= 11 is 2.94. The number of aromatic hydroxyl groups is 2. The maximum Gasteiger partial charge on any atom is 0.488 e. The Hall–Kier alpha value is -3.75. The lowest BCUT2D eigenvalue weighted by Gasteiger charge is -2.03. The van der Waals surface area contributed by atoms with Gasteiger partial charge in [0, 0.05) is 24.2 Å². The van der Waals surface area contributed by atoms with Crippen LogP contribution in [-0.4, -0.2) is 27.4 Å². The van der Waals surface area contributed by atoms with Gasteiger partial charge >= 0.3 is 7.12 Å². The second kappa shape index (κ2) is 14.0. The van der Waals surface area contributed by atoms with Gasteiger partial charge in [0.25, 0.3) is 0 Å². The number of hydrogen-bond acceptors (Lipinski definition) is 6. The van der Waals surface area contributed by atoms with E-state index in [-0.39, 0.29) is 11.5 Å². The van der Waals surface area contributed by atoms with Gasteiger partial charge in [-0.3, -0.25) is 0 Å². The average molecular weight is 555 g/mol. The van der Waals surface area contributed by atoms with Crippen molar-refractivity contribution < 1.29 is 29.0 Å². The van der Waals surface area contributed by atoms with E-state index in [4.69, 9.17) is 31.3 Å². The number of hydrogen-bond donors (Lipinski definition) is 5. The molecule has 0 saturated heterocycles. The van der Waals surface area contributed by atoms with Crippen molar-refractivity contribution >= 4 is 28.5 Å². The molecular weight excluding hydrogens is 533 g/mol. The largest absolute Gasteiger partial charge is 0.508 e. The highest BCUT2D eigenvalue weighted by atomic mass is 79.9. The van der Waals surface area contributed by atoms with Gasteiger partial charge in [0.05, 0.1) is 16.1 Å². The van der Waals surface area contributed by atoms with Crippen LogP contribution in [0, 0.1) is 23.0 Å². The standard InChI is InChI=1S/C13H8FNO.C7H10BNO2.C6H4BrFO/c14-13-7-11(16)5-6-12(13)10-3-1-9(8-15)2-4-10;9-5-6-1-3-7(4-2-6)8(10)11;7-5-2-1-4(9)3-6(5)8/h1-7,16H;1-4,10-11H,5,9H2;1-3,9H. The fourth-order valence-corrected chi connectivity index (χ4v) is 3.02. The smallest absolute Gasteiger partial charge is 0.488 e. The molecule has 0 aromatic heterocycles. The van der Waals surface area contributed by atoms with Crippen LogP contribution in [0.4, 0.5) is 8.78 Å². The highest BCUT2D eigenvalue weighted by Crippen LogP contribution is 2.25. The van der Waals surface area contributed by atoms with Gasteiger partial charge in [-0.1, -0.05) is 36.4 Å². The SMILES string of the molecule is N#Cc1ccc(-c2ccc(O)cc2F)cc1.NCc1ccc(B(O)O)cc1.Oc1ccc(Br)c(F)c1. The molecule has 6 N–H and O–H groups in total. The maximum atomic E-state index is 13.5. The summed E-state index contributed by atoms with van der Waals surface area (Å²) in [5.74, 6) is -1.09. The van der Waals surface area contributed by atoms with Gasteiger partial charge < -0.3 is 26.0 Å². The quantitative estimate of drug-likeness (QED) is 0.241. The molecule has 0 spiro atoms. The Labute approximate surface area is 215 Å². The Morgan fingerprint density at radius 1 is 0.806 bits per heavy atom. The predicted molar refractivity (Wildman–Crippen MR) is 138 cm³/mol. The zero-order valence-electron chi connectivity index (χ0n) is 18.8. The van der Waals surface area contributed by atoms with Gasteiger partial charge in [0.2, 0.25) is 0 Å². The molecule has 0 aliphatic carbocycles. The summed E-state index contributed by atoms with van der Waals surface area (Å²) in [5, 5.41) is 43.8. The predicted octanol–water partition coefficient (Wildman–Crippen LogP) is 4.19. The number of rotatable bonds is 3. The summed E-state index contributed by atoms with van der Waals surface area (Å²) in [6.07, 6.45) is 0. The third-order valence-corrected chi connectivity index (χ3v) is 5.34. The third kappa shape index (κ3) is 8.80. The number of halogens is 3. The minimum atomic E-state index is -1.39. The average Bonchev–Trinajstić information content (AvgIpc) is 2.87. The Bertz CT molecular complexity index is 1320. The molecule has 36 heavy (non-hydrogen) atoms. The van der Waals surface area contributed by atoms with E-state index in [1.54, 1.807) is 48.5 Å². The Morgan fingerprint density at radius 3 is 1.81 bits per heavy atom. The molecule has 0 fully saturated rings. The first-order valence-electron chi connectivity index (χ1n) is 10.4. The molecule has 184 valence electrons. The van der Waals surface area contributed by atoms with Crippen molar-refractivity contribution in [3.05, 3.63) is 112 Å². The van der Waals surface area contributed by atoms with Gasteiger partial charge in [-0.2, -0.15) is 5.26 Å². The molecule has 0 heterocycles. The molecule has 0 unspecified atom stereocenters. The van der Waals surface area contributed by atoms with Crippen LogP contribution in [0.2, 0.25) is 0 Å². The molecule has 0 aliphatic heterocycles. The first kappa shape index (κ1) is 28.5. The number of nitriles is 1. The van der Waals surface area contributed by atoms with E-state index < -0.39 is 18.8 Å². The third-order valence-electron chi connectivity index (χ3n) is 4.69. The zero-order chi connectivity index (χ0) is 26.7. The molecule has 0 atom stereocenters. The van der Waals surface area contributed by atoms with E-state index in [0.29, 0.717) is 33.2 Å². The van der Waals surface area contributed by atoms with Crippen molar-refractivity contribution in [1.82, 2.24) is 0 Å².